The molecule has 0 saturated heterocycles. The van der Waals surface area contributed by atoms with E-state index in [9.17, 15) is 15.0 Å². The molecule has 0 aliphatic carbocycles. The zero-order chi connectivity index (χ0) is 14.7. The molecule has 2 aromatic carbocycles. The number of phenols is 2. The van der Waals surface area contributed by atoms with Gasteiger partial charge in [0.05, 0.1) is 13.7 Å². The molecule has 0 amide bonds. The second-order valence-corrected chi connectivity index (χ2v) is 4.22. The van der Waals surface area contributed by atoms with Crippen LogP contribution in [0.25, 0.3) is 0 Å². The van der Waals surface area contributed by atoms with Crippen LogP contribution in [0, 0.1) is 0 Å². The van der Waals surface area contributed by atoms with Crippen LogP contribution >= 0.6 is 0 Å². The number of aromatic hydroxyl groups is 2. The SMILES string of the molecule is COc1cc(C(=O)c2ccc(O)c(CO)c2)ccc1O. The van der Waals surface area contributed by atoms with Gasteiger partial charge in [-0.1, -0.05) is 0 Å². The maximum Gasteiger partial charge on any atom is 0.193 e. The molecule has 5 nitrogen and oxygen atoms in total. The maximum absolute atomic E-state index is 12.3. The van der Waals surface area contributed by atoms with E-state index in [4.69, 9.17) is 9.84 Å². The Labute approximate surface area is 115 Å². The average molecular weight is 274 g/mol. The first-order valence-electron chi connectivity index (χ1n) is 5.91. The Morgan fingerprint density at radius 2 is 1.65 bits per heavy atom. The fraction of sp³-hybridized carbons (Fsp3) is 0.133. The van der Waals surface area contributed by atoms with E-state index >= 15 is 0 Å². The van der Waals surface area contributed by atoms with Crippen molar-refractivity contribution in [1.29, 1.82) is 0 Å². The Morgan fingerprint density at radius 3 is 2.25 bits per heavy atom. The van der Waals surface area contributed by atoms with Crippen LogP contribution in [0.3, 0.4) is 0 Å². The van der Waals surface area contributed by atoms with E-state index in [-0.39, 0.29) is 35.2 Å². The number of benzene rings is 2. The van der Waals surface area contributed by atoms with E-state index in [1.54, 1.807) is 0 Å². The molecule has 0 spiro atoms. The summed E-state index contributed by atoms with van der Waals surface area (Å²) < 4.78 is 4.95. The number of ether oxygens (including phenoxy) is 1. The summed E-state index contributed by atoms with van der Waals surface area (Å²) in [6.45, 7) is -0.355. The lowest BCUT2D eigenvalue weighted by Crippen LogP contribution is -2.02. The van der Waals surface area contributed by atoms with E-state index in [2.05, 4.69) is 0 Å². The minimum absolute atomic E-state index is 0.0502. The highest BCUT2D eigenvalue weighted by atomic mass is 16.5. The van der Waals surface area contributed by atoms with Gasteiger partial charge in [0.1, 0.15) is 5.75 Å². The molecule has 104 valence electrons. The van der Waals surface area contributed by atoms with Gasteiger partial charge in [-0.25, -0.2) is 0 Å². The monoisotopic (exact) mass is 274 g/mol. The van der Waals surface area contributed by atoms with E-state index < -0.39 is 0 Å². The lowest BCUT2D eigenvalue weighted by Gasteiger charge is -2.08. The van der Waals surface area contributed by atoms with Gasteiger partial charge in [-0.2, -0.15) is 0 Å². The minimum atomic E-state index is -0.355. The molecule has 2 rings (SSSR count). The molecular formula is C15H14O5. The van der Waals surface area contributed by atoms with E-state index in [0.29, 0.717) is 11.1 Å². The van der Waals surface area contributed by atoms with Crippen LogP contribution in [0.5, 0.6) is 17.2 Å². The second kappa shape index (κ2) is 5.63. The molecule has 0 aliphatic rings. The van der Waals surface area contributed by atoms with Gasteiger partial charge in [0.2, 0.25) is 0 Å². The highest BCUT2D eigenvalue weighted by Crippen LogP contribution is 2.28. The summed E-state index contributed by atoms with van der Waals surface area (Å²) in [5.41, 5.74) is 0.954. The summed E-state index contributed by atoms with van der Waals surface area (Å²) in [5.74, 6) is -0.201. The first-order valence-corrected chi connectivity index (χ1v) is 5.91. The van der Waals surface area contributed by atoms with Crippen molar-refractivity contribution >= 4 is 5.78 Å². The van der Waals surface area contributed by atoms with E-state index in [1.807, 2.05) is 0 Å². The number of hydrogen-bond donors (Lipinski definition) is 3. The predicted molar refractivity (Wildman–Crippen MR) is 72.1 cm³/mol. The van der Waals surface area contributed by atoms with Gasteiger partial charge in [-0.05, 0) is 36.4 Å². The van der Waals surface area contributed by atoms with Gasteiger partial charge in [0.25, 0.3) is 0 Å². The number of rotatable bonds is 4. The van der Waals surface area contributed by atoms with Gasteiger partial charge in [-0.15, -0.1) is 0 Å². The quantitative estimate of drug-likeness (QED) is 0.740. The topological polar surface area (TPSA) is 87.0 Å². The first kappa shape index (κ1) is 13.9. The first-order chi connectivity index (χ1) is 9.56. The van der Waals surface area contributed by atoms with Gasteiger partial charge in [0, 0.05) is 16.7 Å². The molecule has 20 heavy (non-hydrogen) atoms. The molecule has 0 aliphatic heterocycles. The van der Waals surface area contributed by atoms with Gasteiger partial charge in [0.15, 0.2) is 17.3 Å². The number of carbonyl (C=O) groups is 1. The molecule has 0 atom stereocenters. The number of aliphatic hydroxyl groups excluding tert-OH is 1. The molecule has 0 aromatic heterocycles. The molecular weight excluding hydrogens is 260 g/mol. The van der Waals surface area contributed by atoms with E-state index in [1.165, 1.54) is 43.5 Å². The molecule has 0 heterocycles. The van der Waals surface area contributed by atoms with Crippen LogP contribution in [0.4, 0.5) is 0 Å². The van der Waals surface area contributed by atoms with Gasteiger partial charge >= 0.3 is 0 Å². The summed E-state index contributed by atoms with van der Waals surface area (Å²) >= 11 is 0. The minimum Gasteiger partial charge on any atom is -0.508 e. The van der Waals surface area contributed by atoms with Crippen LogP contribution in [0.1, 0.15) is 21.5 Å². The third kappa shape index (κ3) is 2.57. The van der Waals surface area contributed by atoms with Crippen molar-refractivity contribution in [2.45, 2.75) is 6.61 Å². The summed E-state index contributed by atoms with van der Waals surface area (Å²) in [7, 11) is 1.40. The summed E-state index contributed by atoms with van der Waals surface area (Å²) in [6, 6.07) is 8.54. The highest BCUT2D eigenvalue weighted by Gasteiger charge is 2.13. The molecule has 0 saturated carbocycles. The molecule has 2 aromatic rings. The maximum atomic E-state index is 12.3. The van der Waals surface area contributed by atoms with Crippen molar-refractivity contribution in [2.75, 3.05) is 7.11 Å². The molecule has 0 radical (unpaired) electrons. The Kier molecular flexibility index (Phi) is 3.91. The highest BCUT2D eigenvalue weighted by molar-refractivity contribution is 6.09. The molecule has 5 heteroatoms. The van der Waals surface area contributed by atoms with E-state index in [0.717, 1.165) is 0 Å². The fourth-order valence-corrected chi connectivity index (χ4v) is 1.84. The second-order valence-electron chi connectivity index (χ2n) is 4.22. The number of hydrogen-bond acceptors (Lipinski definition) is 5. The lowest BCUT2D eigenvalue weighted by atomic mass is 10.0. The van der Waals surface area contributed by atoms with Crippen molar-refractivity contribution in [2.24, 2.45) is 0 Å². The molecule has 0 fully saturated rings. The lowest BCUT2D eigenvalue weighted by molar-refractivity contribution is 0.103. The summed E-state index contributed by atoms with van der Waals surface area (Å²) in [5, 5.41) is 28.1. The number of phenolic OH excluding ortho intramolecular Hbond substituents is 1. The Hall–Kier alpha value is -2.53. The smallest absolute Gasteiger partial charge is 0.193 e. The molecule has 0 unspecified atom stereocenters. The largest absolute Gasteiger partial charge is 0.508 e. The molecule has 3 N–H and O–H groups in total. The van der Waals surface area contributed by atoms with Crippen LogP contribution in [-0.2, 0) is 6.61 Å². The summed E-state index contributed by atoms with van der Waals surface area (Å²) in [4.78, 5) is 12.3. The fourth-order valence-electron chi connectivity index (χ4n) is 1.84. The van der Waals surface area contributed by atoms with Crippen molar-refractivity contribution in [1.82, 2.24) is 0 Å². The summed E-state index contributed by atoms with van der Waals surface area (Å²) in [6.07, 6.45) is 0. The van der Waals surface area contributed by atoms with Gasteiger partial charge in [-0.3, -0.25) is 4.79 Å². The molecule has 0 bridgehead atoms. The van der Waals surface area contributed by atoms with Crippen LogP contribution in [-0.4, -0.2) is 28.2 Å². The normalized spacial score (nSPS) is 10.3. The third-order valence-electron chi connectivity index (χ3n) is 2.95. The van der Waals surface area contributed by atoms with Crippen molar-refractivity contribution in [3.63, 3.8) is 0 Å². The standard InChI is InChI=1S/C15H14O5/c1-20-14-7-10(3-5-13(14)18)15(19)9-2-4-12(17)11(6-9)8-16/h2-7,16-18H,8H2,1H3. The zero-order valence-corrected chi connectivity index (χ0v) is 10.8. The van der Waals surface area contributed by atoms with Crippen molar-refractivity contribution in [3.8, 4) is 17.2 Å². The number of methoxy groups -OCH3 is 1. The van der Waals surface area contributed by atoms with Gasteiger partial charge < -0.3 is 20.1 Å². The number of aliphatic hydroxyl groups is 1. The Balaban J connectivity index is 2.41. The van der Waals surface area contributed by atoms with Crippen molar-refractivity contribution < 1.29 is 24.9 Å². The van der Waals surface area contributed by atoms with Crippen LogP contribution in [0.15, 0.2) is 36.4 Å². The Morgan fingerprint density at radius 1 is 1.05 bits per heavy atom. The number of carbonyl (C=O) groups excluding carboxylic acids is 1. The predicted octanol–water partition coefficient (Wildman–Crippen LogP) is 1.83. The Bertz CT molecular complexity index is 593. The van der Waals surface area contributed by atoms with Crippen molar-refractivity contribution in [3.05, 3.63) is 53.1 Å². The van der Waals surface area contributed by atoms with Crippen LogP contribution < -0.4 is 4.74 Å². The van der Waals surface area contributed by atoms with Crippen LogP contribution in [0.2, 0.25) is 0 Å². The third-order valence-corrected chi connectivity index (χ3v) is 2.95. The average Bonchev–Trinajstić information content (AvgIpc) is 2.47. The number of ketones is 1. The zero-order valence-electron chi connectivity index (χ0n) is 10.8.